The lowest BCUT2D eigenvalue weighted by molar-refractivity contribution is -0.0170. The van der Waals surface area contributed by atoms with Gasteiger partial charge in [-0.3, -0.25) is 0 Å². The Balaban J connectivity index is 1.43. The van der Waals surface area contributed by atoms with Crippen molar-refractivity contribution in [2.24, 2.45) is 0 Å². The number of carbonyl (C=O) groups excluding carboxylic acids is 1. The van der Waals surface area contributed by atoms with Crippen molar-refractivity contribution in [1.29, 1.82) is 0 Å². The van der Waals surface area contributed by atoms with E-state index in [4.69, 9.17) is 16.3 Å². The number of ether oxygens (including phenoxy) is 1. The Hall–Kier alpha value is -1.30. The monoisotopic (exact) mass is 366 g/mol. The van der Waals surface area contributed by atoms with Crippen molar-refractivity contribution in [2.45, 2.75) is 50.2 Å². The summed E-state index contributed by atoms with van der Waals surface area (Å²) in [6.45, 7) is 2.57. The van der Waals surface area contributed by atoms with Gasteiger partial charge in [0.25, 0.3) is 0 Å². The molecule has 2 fully saturated rings. The van der Waals surface area contributed by atoms with E-state index >= 15 is 0 Å². The van der Waals surface area contributed by atoms with E-state index in [0.717, 1.165) is 31.4 Å². The minimum Gasteiger partial charge on any atom is -0.385 e. The molecule has 6 heteroatoms. The predicted molar refractivity (Wildman–Crippen MR) is 97.8 cm³/mol. The Morgan fingerprint density at radius 1 is 1.28 bits per heavy atom. The summed E-state index contributed by atoms with van der Waals surface area (Å²) in [6.07, 6.45) is 5.68. The fraction of sp³-hybridized carbons (Fsp3) is 0.632. The van der Waals surface area contributed by atoms with Crippen molar-refractivity contribution in [3.05, 3.63) is 34.9 Å². The third-order valence-corrected chi connectivity index (χ3v) is 5.53. The average Bonchev–Trinajstić information content (AvgIpc) is 2.63. The van der Waals surface area contributed by atoms with Crippen LogP contribution < -0.4 is 5.32 Å². The van der Waals surface area contributed by atoms with Crippen LogP contribution in [-0.4, -0.2) is 48.4 Å². The van der Waals surface area contributed by atoms with Crippen LogP contribution in [0, 0.1) is 0 Å². The molecule has 2 aliphatic heterocycles. The molecule has 0 aromatic heterocycles. The molecule has 2 saturated heterocycles. The lowest BCUT2D eigenvalue weighted by Gasteiger charge is -2.38. The van der Waals surface area contributed by atoms with Crippen molar-refractivity contribution in [2.75, 3.05) is 26.2 Å². The van der Waals surface area contributed by atoms with Gasteiger partial charge in [-0.15, -0.1) is 0 Å². The molecular formula is C19H27ClN2O3. The van der Waals surface area contributed by atoms with Gasteiger partial charge in [0.2, 0.25) is 0 Å². The number of likely N-dealkylation sites (tertiary alicyclic amines) is 1. The van der Waals surface area contributed by atoms with Gasteiger partial charge in [-0.1, -0.05) is 23.7 Å². The number of hydrogen-bond acceptors (Lipinski definition) is 3. The highest BCUT2D eigenvalue weighted by Crippen LogP contribution is 2.33. The van der Waals surface area contributed by atoms with Gasteiger partial charge in [-0.25, -0.2) is 4.79 Å². The minimum absolute atomic E-state index is 0.0473. The first-order valence-electron chi connectivity index (χ1n) is 9.20. The van der Waals surface area contributed by atoms with Gasteiger partial charge < -0.3 is 20.1 Å². The lowest BCUT2D eigenvalue weighted by Crippen LogP contribution is -2.49. The molecule has 1 aromatic carbocycles. The standard InChI is InChI=1S/C19H27ClN2O3/c20-16-6-4-15(5-7-16)19(24)9-12-22(13-10-19)18(23)21-11-8-17-3-1-2-14-25-17/h4-7,17,24H,1-3,8-14H2,(H,21,23)/t17-/m1/s1. The molecule has 0 radical (unpaired) electrons. The molecule has 0 aliphatic carbocycles. The molecule has 2 aliphatic rings. The molecule has 3 rings (SSSR count). The summed E-state index contributed by atoms with van der Waals surface area (Å²) in [5.74, 6) is 0. The van der Waals surface area contributed by atoms with Crippen molar-refractivity contribution in [3.8, 4) is 0 Å². The molecule has 2 amide bonds. The highest BCUT2D eigenvalue weighted by Gasteiger charge is 2.35. The number of benzene rings is 1. The van der Waals surface area contributed by atoms with Crippen LogP contribution in [0.5, 0.6) is 0 Å². The fourth-order valence-corrected chi connectivity index (χ4v) is 3.74. The lowest BCUT2D eigenvalue weighted by atomic mass is 9.84. The van der Waals surface area contributed by atoms with Crippen molar-refractivity contribution >= 4 is 17.6 Å². The minimum atomic E-state index is -0.878. The number of nitrogens with zero attached hydrogens (tertiary/aromatic N) is 1. The van der Waals surface area contributed by atoms with E-state index in [-0.39, 0.29) is 12.1 Å². The molecule has 138 valence electrons. The molecule has 1 atom stereocenters. The molecule has 5 nitrogen and oxygen atoms in total. The summed E-state index contributed by atoms with van der Waals surface area (Å²) in [6, 6.07) is 7.27. The first kappa shape index (κ1) is 18.5. The quantitative estimate of drug-likeness (QED) is 0.859. The zero-order chi connectivity index (χ0) is 17.7. The number of carbonyl (C=O) groups is 1. The van der Waals surface area contributed by atoms with Gasteiger partial charge in [0.05, 0.1) is 11.7 Å². The highest BCUT2D eigenvalue weighted by atomic mass is 35.5. The molecule has 2 heterocycles. The number of nitrogens with one attached hydrogen (secondary N) is 1. The van der Waals surface area contributed by atoms with E-state index in [1.54, 1.807) is 17.0 Å². The molecule has 2 N–H and O–H groups in total. The normalized spacial score (nSPS) is 23.3. The summed E-state index contributed by atoms with van der Waals surface area (Å²) >= 11 is 5.91. The third-order valence-electron chi connectivity index (χ3n) is 5.28. The zero-order valence-electron chi connectivity index (χ0n) is 14.5. The number of rotatable bonds is 4. The van der Waals surface area contributed by atoms with Crippen molar-refractivity contribution < 1.29 is 14.6 Å². The van der Waals surface area contributed by atoms with Crippen molar-refractivity contribution in [3.63, 3.8) is 0 Å². The maximum absolute atomic E-state index is 12.3. The van der Waals surface area contributed by atoms with E-state index in [0.29, 0.717) is 37.5 Å². The van der Waals surface area contributed by atoms with Gasteiger partial charge in [0, 0.05) is 31.3 Å². The number of aliphatic hydroxyl groups is 1. The number of piperidine rings is 1. The van der Waals surface area contributed by atoms with Crippen LogP contribution >= 0.6 is 11.6 Å². The predicted octanol–water partition coefficient (Wildman–Crippen LogP) is 3.29. The first-order chi connectivity index (χ1) is 12.1. The molecule has 0 unspecified atom stereocenters. The topological polar surface area (TPSA) is 61.8 Å². The van der Waals surface area contributed by atoms with Crippen LogP contribution in [0.25, 0.3) is 0 Å². The van der Waals surface area contributed by atoms with Crippen molar-refractivity contribution in [1.82, 2.24) is 10.2 Å². The van der Waals surface area contributed by atoms with Gasteiger partial charge >= 0.3 is 6.03 Å². The first-order valence-corrected chi connectivity index (χ1v) is 9.57. The molecule has 0 spiro atoms. The maximum Gasteiger partial charge on any atom is 0.317 e. The van der Waals surface area contributed by atoms with E-state index in [9.17, 15) is 9.90 Å². The average molecular weight is 367 g/mol. The Labute approximate surface area is 154 Å². The number of amides is 2. The van der Waals surface area contributed by atoms with Crippen LogP contribution in [0.3, 0.4) is 0 Å². The van der Waals surface area contributed by atoms with E-state index < -0.39 is 5.60 Å². The van der Waals surface area contributed by atoms with Crippen LogP contribution in [0.2, 0.25) is 5.02 Å². The Morgan fingerprint density at radius 3 is 2.64 bits per heavy atom. The number of halogens is 1. The number of hydrogen-bond donors (Lipinski definition) is 2. The SMILES string of the molecule is O=C(NCC[C@H]1CCCCO1)N1CCC(O)(c2ccc(Cl)cc2)CC1. The summed E-state index contributed by atoms with van der Waals surface area (Å²) in [5, 5.41) is 14.5. The van der Waals surface area contributed by atoms with E-state index in [1.165, 1.54) is 6.42 Å². The Morgan fingerprint density at radius 2 is 2.00 bits per heavy atom. The van der Waals surface area contributed by atoms with Crippen LogP contribution in [0.1, 0.15) is 44.1 Å². The van der Waals surface area contributed by atoms with E-state index in [2.05, 4.69) is 5.32 Å². The Kier molecular flexibility index (Phi) is 6.20. The molecular weight excluding hydrogens is 340 g/mol. The van der Waals surface area contributed by atoms with Gasteiger partial charge in [0.1, 0.15) is 0 Å². The summed E-state index contributed by atoms with van der Waals surface area (Å²) in [5.41, 5.74) is -0.0106. The molecule has 0 bridgehead atoms. The maximum atomic E-state index is 12.3. The summed E-state index contributed by atoms with van der Waals surface area (Å²) in [7, 11) is 0. The zero-order valence-corrected chi connectivity index (χ0v) is 15.3. The molecule has 1 aromatic rings. The second-order valence-corrected chi connectivity index (χ2v) is 7.47. The third kappa shape index (κ3) is 4.87. The van der Waals surface area contributed by atoms with Crippen LogP contribution in [0.15, 0.2) is 24.3 Å². The molecule has 25 heavy (non-hydrogen) atoms. The second kappa shape index (κ2) is 8.39. The smallest absolute Gasteiger partial charge is 0.317 e. The number of urea groups is 1. The van der Waals surface area contributed by atoms with Gasteiger partial charge in [-0.2, -0.15) is 0 Å². The summed E-state index contributed by atoms with van der Waals surface area (Å²) in [4.78, 5) is 14.1. The van der Waals surface area contributed by atoms with Gasteiger partial charge in [0.15, 0.2) is 0 Å². The highest BCUT2D eigenvalue weighted by molar-refractivity contribution is 6.30. The largest absolute Gasteiger partial charge is 0.385 e. The fourth-order valence-electron chi connectivity index (χ4n) is 3.62. The summed E-state index contributed by atoms with van der Waals surface area (Å²) < 4.78 is 5.68. The van der Waals surface area contributed by atoms with Gasteiger partial charge in [-0.05, 0) is 56.2 Å². The second-order valence-electron chi connectivity index (χ2n) is 7.03. The Bertz CT molecular complexity index is 565. The molecule has 0 saturated carbocycles. The van der Waals surface area contributed by atoms with Crippen LogP contribution in [-0.2, 0) is 10.3 Å². The van der Waals surface area contributed by atoms with Crippen LogP contribution in [0.4, 0.5) is 4.79 Å². The van der Waals surface area contributed by atoms with E-state index in [1.807, 2.05) is 12.1 Å².